The molecular formula is C10H10BrF3N2. The molecule has 0 radical (unpaired) electrons. The molecule has 0 aromatic heterocycles. The summed E-state index contributed by atoms with van der Waals surface area (Å²) < 4.78 is 38.6. The summed E-state index contributed by atoms with van der Waals surface area (Å²) >= 11 is 3.05. The van der Waals surface area contributed by atoms with E-state index < -0.39 is 11.7 Å². The van der Waals surface area contributed by atoms with Crippen LogP contribution >= 0.6 is 15.9 Å². The van der Waals surface area contributed by atoms with E-state index in [0.29, 0.717) is 17.6 Å². The Bertz CT molecular complexity index is 388. The molecule has 1 aliphatic heterocycles. The fourth-order valence-corrected chi connectivity index (χ4v) is 1.85. The fourth-order valence-electron chi connectivity index (χ4n) is 1.49. The summed E-state index contributed by atoms with van der Waals surface area (Å²) in [5, 5.41) is 5.88. The van der Waals surface area contributed by atoms with Gasteiger partial charge in [0, 0.05) is 23.2 Å². The second kappa shape index (κ2) is 4.25. The molecular weight excluding hydrogens is 285 g/mol. The fraction of sp³-hybridized carbons (Fsp3) is 0.400. The predicted octanol–water partition coefficient (Wildman–Crippen LogP) is 2.85. The Morgan fingerprint density at radius 1 is 1.31 bits per heavy atom. The van der Waals surface area contributed by atoms with Gasteiger partial charge in [0.15, 0.2) is 0 Å². The summed E-state index contributed by atoms with van der Waals surface area (Å²) in [6.45, 7) is 1.40. The van der Waals surface area contributed by atoms with Gasteiger partial charge in [0.05, 0.1) is 11.6 Å². The van der Waals surface area contributed by atoms with Crippen molar-refractivity contribution in [2.45, 2.75) is 12.2 Å². The third-order valence-electron chi connectivity index (χ3n) is 2.43. The van der Waals surface area contributed by atoms with Gasteiger partial charge in [0.2, 0.25) is 0 Å². The van der Waals surface area contributed by atoms with Crippen LogP contribution in [0.25, 0.3) is 0 Å². The van der Waals surface area contributed by atoms with Crippen LogP contribution in [0.4, 0.5) is 18.9 Å². The summed E-state index contributed by atoms with van der Waals surface area (Å²) in [6, 6.07) is 4.23. The van der Waals surface area contributed by atoms with Crippen molar-refractivity contribution in [3.8, 4) is 0 Å². The lowest BCUT2D eigenvalue weighted by Crippen LogP contribution is -2.51. The van der Waals surface area contributed by atoms with E-state index in [2.05, 4.69) is 26.6 Å². The van der Waals surface area contributed by atoms with Crippen LogP contribution in [-0.2, 0) is 6.18 Å². The van der Waals surface area contributed by atoms with Crippen LogP contribution < -0.4 is 10.6 Å². The minimum atomic E-state index is -4.33. The number of rotatable bonds is 2. The van der Waals surface area contributed by atoms with Crippen molar-refractivity contribution < 1.29 is 13.2 Å². The lowest BCUT2D eigenvalue weighted by Gasteiger charge is -2.30. The molecule has 1 fully saturated rings. The van der Waals surface area contributed by atoms with Crippen molar-refractivity contribution >= 4 is 21.6 Å². The number of hydrogen-bond acceptors (Lipinski definition) is 2. The van der Waals surface area contributed by atoms with Crippen molar-refractivity contribution in [3.63, 3.8) is 0 Å². The summed E-state index contributed by atoms with van der Waals surface area (Å²) in [5.74, 6) is 0. The maximum atomic E-state index is 12.7. The highest BCUT2D eigenvalue weighted by Crippen LogP contribution is 2.36. The molecule has 1 aromatic carbocycles. The van der Waals surface area contributed by atoms with Crippen molar-refractivity contribution in [1.29, 1.82) is 0 Å². The Morgan fingerprint density at radius 3 is 2.50 bits per heavy atom. The minimum Gasteiger partial charge on any atom is -0.379 e. The van der Waals surface area contributed by atoms with Crippen LogP contribution in [0.15, 0.2) is 22.7 Å². The highest BCUT2D eigenvalue weighted by Gasteiger charge is 2.34. The van der Waals surface area contributed by atoms with Crippen molar-refractivity contribution in [2.24, 2.45) is 0 Å². The maximum absolute atomic E-state index is 12.7. The monoisotopic (exact) mass is 294 g/mol. The van der Waals surface area contributed by atoms with Crippen molar-refractivity contribution in [2.75, 3.05) is 18.4 Å². The van der Waals surface area contributed by atoms with Gasteiger partial charge in [-0.05, 0) is 18.2 Å². The van der Waals surface area contributed by atoms with E-state index in [9.17, 15) is 13.2 Å². The molecule has 1 saturated heterocycles. The van der Waals surface area contributed by atoms with Crippen LogP contribution in [0.5, 0.6) is 0 Å². The first-order chi connectivity index (χ1) is 7.47. The van der Waals surface area contributed by atoms with E-state index in [1.807, 2.05) is 0 Å². The molecule has 2 rings (SSSR count). The van der Waals surface area contributed by atoms with Gasteiger partial charge in [-0.1, -0.05) is 15.9 Å². The molecule has 0 aliphatic carbocycles. The molecule has 0 amide bonds. The first-order valence-electron chi connectivity index (χ1n) is 4.81. The van der Waals surface area contributed by atoms with Gasteiger partial charge in [-0.15, -0.1) is 0 Å². The topological polar surface area (TPSA) is 24.1 Å². The van der Waals surface area contributed by atoms with Gasteiger partial charge in [-0.25, -0.2) is 0 Å². The van der Waals surface area contributed by atoms with Crippen molar-refractivity contribution in [3.05, 3.63) is 28.2 Å². The zero-order chi connectivity index (χ0) is 11.8. The molecule has 0 spiro atoms. The number of alkyl halides is 3. The molecule has 2 N–H and O–H groups in total. The van der Waals surface area contributed by atoms with E-state index in [-0.39, 0.29) is 11.7 Å². The zero-order valence-corrected chi connectivity index (χ0v) is 9.82. The Morgan fingerprint density at radius 2 is 2.00 bits per heavy atom. The molecule has 1 heterocycles. The number of hydrogen-bond donors (Lipinski definition) is 2. The third kappa shape index (κ3) is 2.49. The predicted molar refractivity (Wildman–Crippen MR) is 59.4 cm³/mol. The van der Waals surface area contributed by atoms with E-state index >= 15 is 0 Å². The lowest BCUT2D eigenvalue weighted by atomic mass is 10.1. The molecule has 1 aliphatic rings. The highest BCUT2D eigenvalue weighted by atomic mass is 79.9. The molecule has 0 unspecified atom stereocenters. The summed E-state index contributed by atoms with van der Waals surface area (Å²) in [4.78, 5) is 0. The lowest BCUT2D eigenvalue weighted by molar-refractivity contribution is -0.137. The summed E-state index contributed by atoms with van der Waals surface area (Å²) in [6.07, 6.45) is -4.33. The normalized spacial score (nSPS) is 17.0. The van der Waals surface area contributed by atoms with Crippen LogP contribution in [0.3, 0.4) is 0 Å². The summed E-state index contributed by atoms with van der Waals surface area (Å²) in [7, 11) is 0. The molecule has 1 aromatic rings. The zero-order valence-electron chi connectivity index (χ0n) is 8.24. The Kier molecular flexibility index (Phi) is 3.12. The van der Waals surface area contributed by atoms with Gasteiger partial charge >= 0.3 is 6.18 Å². The van der Waals surface area contributed by atoms with Gasteiger partial charge in [-0.3, -0.25) is 0 Å². The quantitative estimate of drug-likeness (QED) is 0.876. The van der Waals surface area contributed by atoms with Crippen LogP contribution in [-0.4, -0.2) is 19.1 Å². The van der Waals surface area contributed by atoms with Crippen LogP contribution in [0.2, 0.25) is 0 Å². The number of halogens is 4. The molecule has 0 bridgehead atoms. The molecule has 0 saturated carbocycles. The first-order valence-corrected chi connectivity index (χ1v) is 5.60. The van der Waals surface area contributed by atoms with Gasteiger partial charge in [0.1, 0.15) is 0 Å². The van der Waals surface area contributed by atoms with Crippen LogP contribution in [0.1, 0.15) is 5.56 Å². The largest absolute Gasteiger partial charge is 0.418 e. The minimum absolute atomic E-state index is 0.0854. The SMILES string of the molecule is FC(F)(F)c1cc(Br)ccc1NC1CNC1. The van der Waals surface area contributed by atoms with E-state index in [4.69, 9.17) is 0 Å². The molecule has 16 heavy (non-hydrogen) atoms. The Labute approximate surface area is 99.3 Å². The van der Waals surface area contributed by atoms with Gasteiger partial charge in [-0.2, -0.15) is 13.2 Å². The van der Waals surface area contributed by atoms with E-state index in [0.717, 1.165) is 6.07 Å². The Hall–Kier alpha value is -0.750. The number of nitrogens with one attached hydrogen (secondary N) is 2. The Balaban J connectivity index is 2.28. The number of anilines is 1. The smallest absolute Gasteiger partial charge is 0.379 e. The maximum Gasteiger partial charge on any atom is 0.418 e. The molecule has 88 valence electrons. The van der Waals surface area contributed by atoms with Gasteiger partial charge < -0.3 is 10.6 Å². The molecule has 0 atom stereocenters. The first kappa shape index (κ1) is 11.7. The summed E-state index contributed by atoms with van der Waals surface area (Å²) in [5.41, 5.74) is -0.490. The van der Waals surface area contributed by atoms with Gasteiger partial charge in [0.25, 0.3) is 0 Å². The third-order valence-corrected chi connectivity index (χ3v) is 2.92. The van der Waals surface area contributed by atoms with Crippen molar-refractivity contribution in [1.82, 2.24) is 5.32 Å². The average molecular weight is 295 g/mol. The van der Waals surface area contributed by atoms with E-state index in [1.165, 1.54) is 6.07 Å². The standard InChI is InChI=1S/C10H10BrF3N2/c11-6-1-2-9(16-7-4-15-5-7)8(3-6)10(12,13)14/h1-3,7,15-16H,4-5H2. The highest BCUT2D eigenvalue weighted by molar-refractivity contribution is 9.10. The second-order valence-corrected chi connectivity index (χ2v) is 4.60. The molecule has 6 heteroatoms. The van der Waals surface area contributed by atoms with Crippen LogP contribution in [0, 0.1) is 0 Å². The molecule has 2 nitrogen and oxygen atoms in total. The second-order valence-electron chi connectivity index (χ2n) is 3.69. The number of benzene rings is 1. The average Bonchev–Trinajstić information content (AvgIpc) is 2.11. The van der Waals surface area contributed by atoms with E-state index in [1.54, 1.807) is 6.07 Å².